The van der Waals surface area contributed by atoms with Gasteiger partial charge in [0.05, 0.1) is 11.3 Å². The van der Waals surface area contributed by atoms with Crippen LogP contribution in [0.2, 0.25) is 0 Å². The molecule has 1 unspecified atom stereocenters. The molecule has 3 nitrogen and oxygen atoms in total. The summed E-state index contributed by atoms with van der Waals surface area (Å²) in [4.78, 5) is 11.4. The predicted molar refractivity (Wildman–Crippen MR) is 58.7 cm³/mol. The van der Waals surface area contributed by atoms with Gasteiger partial charge in [-0.3, -0.25) is 4.79 Å². The van der Waals surface area contributed by atoms with Crippen molar-refractivity contribution in [3.63, 3.8) is 0 Å². The second-order valence-corrected chi connectivity index (χ2v) is 3.22. The van der Waals surface area contributed by atoms with E-state index in [1.54, 1.807) is 20.2 Å². The van der Waals surface area contributed by atoms with Crippen molar-refractivity contribution in [3.05, 3.63) is 23.8 Å². The lowest BCUT2D eigenvalue weighted by Gasteiger charge is -2.09. The van der Waals surface area contributed by atoms with Gasteiger partial charge in [0, 0.05) is 14.1 Å². The molecule has 70 valence electrons. The number of carbonyl (C=O) groups excluding carboxylic acids is 1. The van der Waals surface area contributed by atoms with Crippen LogP contribution >= 0.6 is 9.24 Å². The molecule has 2 N–H and O–H groups in total. The lowest BCUT2D eigenvalue weighted by Crippen LogP contribution is -2.21. The van der Waals surface area contributed by atoms with Gasteiger partial charge in [0.1, 0.15) is 0 Å². The van der Waals surface area contributed by atoms with E-state index in [4.69, 9.17) is 0 Å². The molecule has 0 bridgehead atoms. The van der Waals surface area contributed by atoms with E-state index in [0.29, 0.717) is 5.56 Å². The zero-order valence-electron chi connectivity index (χ0n) is 7.72. The van der Waals surface area contributed by atoms with Gasteiger partial charge in [-0.1, -0.05) is 12.1 Å². The van der Waals surface area contributed by atoms with Crippen molar-refractivity contribution in [2.24, 2.45) is 0 Å². The second-order valence-electron chi connectivity index (χ2n) is 2.60. The third-order valence-electron chi connectivity index (χ3n) is 1.82. The van der Waals surface area contributed by atoms with Crippen LogP contribution in [0.5, 0.6) is 0 Å². The minimum absolute atomic E-state index is 0.0753. The highest BCUT2D eigenvalue weighted by atomic mass is 31.0. The minimum atomic E-state index is -0.0753. The Bertz CT molecular complexity index is 325. The Morgan fingerprint density at radius 3 is 2.62 bits per heavy atom. The summed E-state index contributed by atoms with van der Waals surface area (Å²) in [6.45, 7) is 0. The first-order chi connectivity index (χ1) is 6.20. The minimum Gasteiger partial charge on any atom is -0.387 e. The van der Waals surface area contributed by atoms with Gasteiger partial charge in [-0.15, -0.1) is 9.24 Å². The van der Waals surface area contributed by atoms with Crippen molar-refractivity contribution in [3.8, 4) is 0 Å². The van der Waals surface area contributed by atoms with E-state index in [-0.39, 0.29) is 5.91 Å². The van der Waals surface area contributed by atoms with Crippen molar-refractivity contribution in [2.45, 2.75) is 0 Å². The molecular formula is C9H13N2OP. The van der Waals surface area contributed by atoms with Crippen molar-refractivity contribution in [1.29, 1.82) is 0 Å². The molecule has 1 aromatic rings. The molecule has 0 aromatic heterocycles. The van der Waals surface area contributed by atoms with Crippen molar-refractivity contribution < 1.29 is 4.79 Å². The van der Waals surface area contributed by atoms with E-state index in [9.17, 15) is 4.79 Å². The summed E-state index contributed by atoms with van der Waals surface area (Å²) in [5.74, 6) is -0.0753. The van der Waals surface area contributed by atoms with Crippen molar-refractivity contribution in [2.75, 3.05) is 19.4 Å². The van der Waals surface area contributed by atoms with Gasteiger partial charge < -0.3 is 10.6 Å². The highest BCUT2D eigenvalue weighted by Crippen LogP contribution is 2.14. The fourth-order valence-corrected chi connectivity index (χ4v) is 1.58. The Kier molecular flexibility index (Phi) is 3.26. The Morgan fingerprint density at radius 2 is 2.08 bits per heavy atom. The number of amides is 1. The van der Waals surface area contributed by atoms with Crippen LogP contribution in [-0.4, -0.2) is 20.0 Å². The number of hydrogen-bond donors (Lipinski definition) is 2. The van der Waals surface area contributed by atoms with Crippen LogP contribution in [0.3, 0.4) is 0 Å². The molecule has 0 saturated heterocycles. The Morgan fingerprint density at radius 1 is 1.38 bits per heavy atom. The fourth-order valence-electron chi connectivity index (χ4n) is 1.17. The highest BCUT2D eigenvalue weighted by Gasteiger charge is 2.09. The van der Waals surface area contributed by atoms with E-state index in [2.05, 4.69) is 19.9 Å². The van der Waals surface area contributed by atoms with Crippen molar-refractivity contribution >= 4 is 26.1 Å². The second kappa shape index (κ2) is 4.24. The molecular weight excluding hydrogens is 183 g/mol. The van der Waals surface area contributed by atoms with Crippen LogP contribution < -0.4 is 15.9 Å². The molecule has 0 saturated carbocycles. The molecule has 0 aliphatic rings. The van der Waals surface area contributed by atoms with Gasteiger partial charge in [-0.05, 0) is 11.4 Å². The molecule has 1 rings (SSSR count). The Balaban J connectivity index is 3.20. The van der Waals surface area contributed by atoms with Gasteiger partial charge in [0.15, 0.2) is 0 Å². The Hall–Kier alpha value is -1.08. The monoisotopic (exact) mass is 196 g/mol. The zero-order chi connectivity index (χ0) is 9.84. The van der Waals surface area contributed by atoms with Crippen LogP contribution in [0.1, 0.15) is 10.4 Å². The van der Waals surface area contributed by atoms with Gasteiger partial charge in [0.25, 0.3) is 5.91 Å². The average Bonchev–Trinajstić information content (AvgIpc) is 2.16. The lowest BCUT2D eigenvalue weighted by atomic mass is 10.1. The smallest absolute Gasteiger partial charge is 0.253 e. The molecule has 4 heteroatoms. The first-order valence-electron chi connectivity index (χ1n) is 3.99. The highest BCUT2D eigenvalue weighted by molar-refractivity contribution is 7.28. The van der Waals surface area contributed by atoms with Crippen LogP contribution in [0.15, 0.2) is 18.2 Å². The van der Waals surface area contributed by atoms with Crippen LogP contribution in [0.25, 0.3) is 0 Å². The summed E-state index contributed by atoms with van der Waals surface area (Å²) in [5.41, 5.74) is 1.52. The van der Waals surface area contributed by atoms with Gasteiger partial charge in [-0.2, -0.15) is 0 Å². The number of hydrogen-bond acceptors (Lipinski definition) is 2. The van der Waals surface area contributed by atoms with Gasteiger partial charge in [-0.25, -0.2) is 0 Å². The molecule has 1 aromatic carbocycles. The molecule has 0 fully saturated rings. The van der Waals surface area contributed by atoms with Gasteiger partial charge >= 0.3 is 0 Å². The molecule has 0 radical (unpaired) electrons. The third-order valence-corrected chi connectivity index (χ3v) is 2.30. The molecule has 0 aliphatic heterocycles. The number of anilines is 1. The fraction of sp³-hybridized carbons (Fsp3) is 0.222. The summed E-state index contributed by atoms with van der Waals surface area (Å²) in [7, 11) is 6.01. The maximum atomic E-state index is 11.4. The predicted octanol–water partition coefficient (Wildman–Crippen LogP) is 0.588. The topological polar surface area (TPSA) is 41.1 Å². The maximum Gasteiger partial charge on any atom is 0.253 e. The van der Waals surface area contributed by atoms with E-state index in [0.717, 1.165) is 11.0 Å². The molecule has 1 amide bonds. The quantitative estimate of drug-likeness (QED) is 0.680. The Labute approximate surface area is 80.1 Å². The number of rotatable bonds is 2. The third kappa shape index (κ3) is 1.99. The zero-order valence-corrected chi connectivity index (χ0v) is 8.87. The average molecular weight is 196 g/mol. The normalized spacial score (nSPS) is 9.46. The van der Waals surface area contributed by atoms with E-state index >= 15 is 0 Å². The number of carbonyl (C=O) groups is 1. The summed E-state index contributed by atoms with van der Waals surface area (Å²) in [6, 6.07) is 5.58. The molecule has 1 atom stereocenters. The standard InChI is InChI=1S/C9H13N2OP/c1-10-8-6(9(12)11-2)4-3-5-7(8)13/h3-5,10H,13H2,1-2H3,(H,11,12). The first-order valence-corrected chi connectivity index (χ1v) is 4.56. The maximum absolute atomic E-state index is 11.4. The number of para-hydroxylation sites is 1. The largest absolute Gasteiger partial charge is 0.387 e. The van der Waals surface area contributed by atoms with Crippen LogP contribution in [-0.2, 0) is 0 Å². The number of benzene rings is 1. The summed E-state index contributed by atoms with van der Waals surface area (Å²) in [5, 5.41) is 6.58. The van der Waals surface area contributed by atoms with Gasteiger partial charge in [0.2, 0.25) is 0 Å². The molecule has 0 heterocycles. The lowest BCUT2D eigenvalue weighted by molar-refractivity contribution is 0.0964. The van der Waals surface area contributed by atoms with Crippen LogP contribution in [0.4, 0.5) is 5.69 Å². The molecule has 13 heavy (non-hydrogen) atoms. The van der Waals surface area contributed by atoms with E-state index in [1.807, 2.05) is 12.1 Å². The molecule has 0 aliphatic carbocycles. The summed E-state index contributed by atoms with van der Waals surface area (Å²) in [6.07, 6.45) is 0. The molecule has 0 spiro atoms. The van der Waals surface area contributed by atoms with E-state index in [1.165, 1.54) is 0 Å². The SMILES string of the molecule is CNC(=O)c1cccc(P)c1NC. The summed E-state index contributed by atoms with van der Waals surface area (Å²) >= 11 is 0. The first kappa shape index (κ1) is 10.0. The summed E-state index contributed by atoms with van der Waals surface area (Å²) < 4.78 is 0. The number of nitrogens with one attached hydrogen (secondary N) is 2. The van der Waals surface area contributed by atoms with E-state index < -0.39 is 0 Å². The van der Waals surface area contributed by atoms with Crippen molar-refractivity contribution in [1.82, 2.24) is 5.32 Å². The van der Waals surface area contributed by atoms with Crippen LogP contribution in [0, 0.1) is 0 Å².